The molecule has 62 heavy (non-hydrogen) atoms. The van der Waals surface area contributed by atoms with Crippen LogP contribution in [0.1, 0.15) is 60.2 Å². The van der Waals surface area contributed by atoms with Crippen LogP contribution in [0, 0.1) is 27.7 Å². The van der Waals surface area contributed by atoms with Crippen molar-refractivity contribution in [1.82, 2.24) is 49.4 Å². The minimum atomic E-state index is -0.263. The van der Waals surface area contributed by atoms with Crippen LogP contribution in [0.2, 0.25) is 0 Å². The second kappa shape index (κ2) is 15.6. The summed E-state index contributed by atoms with van der Waals surface area (Å²) in [7, 11) is 3.24. The Morgan fingerprint density at radius 1 is 0.597 bits per heavy atom. The van der Waals surface area contributed by atoms with Crippen molar-refractivity contribution in [3.05, 3.63) is 141 Å². The summed E-state index contributed by atoms with van der Waals surface area (Å²) >= 11 is 0. The highest BCUT2D eigenvalue weighted by molar-refractivity contribution is 6.06. The first-order valence-electron chi connectivity index (χ1n) is 19.9. The number of imidazole rings is 2. The van der Waals surface area contributed by atoms with Crippen molar-refractivity contribution >= 4 is 43.9 Å². The quantitative estimate of drug-likeness (QED) is 0.149. The number of aryl methyl sites for hydroxylation is 4. The molecule has 10 aromatic rings. The maximum absolute atomic E-state index is 12.9. The lowest BCUT2D eigenvalue weighted by molar-refractivity contribution is 0.393. The molecule has 2 atom stereocenters. The largest absolute Gasteiger partial charge is 0.496 e. The van der Waals surface area contributed by atoms with Crippen LogP contribution >= 0.6 is 0 Å². The van der Waals surface area contributed by atoms with E-state index in [0.29, 0.717) is 34.1 Å². The molecule has 0 bridgehead atoms. The number of H-pyrrole nitrogens is 2. The van der Waals surface area contributed by atoms with Gasteiger partial charge in [0.05, 0.1) is 106 Å². The monoisotopic (exact) mass is 830 g/mol. The fourth-order valence-corrected chi connectivity index (χ4v) is 8.38. The van der Waals surface area contributed by atoms with E-state index in [1.807, 2.05) is 102 Å². The van der Waals surface area contributed by atoms with Crippen molar-refractivity contribution in [2.75, 3.05) is 14.2 Å². The molecule has 8 heterocycles. The number of fused-ring (bicyclic) bond motifs is 6. The smallest absolute Gasteiger partial charge is 0.327 e. The van der Waals surface area contributed by atoms with Gasteiger partial charge >= 0.3 is 11.4 Å². The second-order valence-corrected chi connectivity index (χ2v) is 15.0. The third kappa shape index (κ3) is 6.56. The van der Waals surface area contributed by atoms with Crippen LogP contribution in [-0.2, 0) is 0 Å². The van der Waals surface area contributed by atoms with Crippen LogP contribution in [-0.4, -0.2) is 63.6 Å². The Morgan fingerprint density at radius 3 is 1.35 bits per heavy atom. The van der Waals surface area contributed by atoms with Crippen molar-refractivity contribution in [2.45, 2.75) is 53.6 Å². The van der Waals surface area contributed by atoms with E-state index in [1.165, 1.54) is 0 Å². The van der Waals surface area contributed by atoms with E-state index >= 15 is 0 Å². The van der Waals surface area contributed by atoms with Gasteiger partial charge in [-0.05, 0) is 90.1 Å². The molecule has 0 aliphatic rings. The highest BCUT2D eigenvalue weighted by atomic mass is 16.5. The van der Waals surface area contributed by atoms with Crippen LogP contribution in [0.25, 0.3) is 66.1 Å². The Labute approximate surface area is 353 Å². The van der Waals surface area contributed by atoms with Gasteiger partial charge in [0.1, 0.15) is 23.0 Å². The highest BCUT2D eigenvalue weighted by Gasteiger charge is 2.24. The first-order chi connectivity index (χ1) is 30.0. The SMILES string of the molecule is COc1cc2c(cc1-c1c(C)noc1C)ncc1[nH]c(=O)n([C@H](C)c3ccccn3)c12.COc1cc2c(cc1-c1c(C)noc1C)ncc1[nH]c(=O)n([C@H](C)c3ccccn3)c12. The highest BCUT2D eigenvalue weighted by Crippen LogP contribution is 2.41. The third-order valence-electron chi connectivity index (χ3n) is 11.3. The average Bonchev–Trinajstić information content (AvgIpc) is 4.03. The lowest BCUT2D eigenvalue weighted by atomic mass is 10.0. The lowest BCUT2D eigenvalue weighted by Gasteiger charge is -2.15. The number of benzene rings is 2. The fourth-order valence-electron chi connectivity index (χ4n) is 8.38. The summed E-state index contributed by atoms with van der Waals surface area (Å²) in [6.07, 6.45) is 6.82. The normalized spacial score (nSPS) is 12.5. The summed E-state index contributed by atoms with van der Waals surface area (Å²) in [5.41, 5.74) is 10.5. The van der Waals surface area contributed by atoms with E-state index < -0.39 is 0 Å². The molecule has 0 aliphatic carbocycles. The standard InChI is InChI=1S/2C23H21N5O3/c2*1-12-21(14(3)31-27-12)16-9-18-15(10-20(16)30-4)22-19(11-25-18)26-23(29)28(22)13(2)17-7-5-6-8-24-17/h2*5-11,13H,1-4H3,(H,26,29)/t2*13-/m11/s1. The minimum Gasteiger partial charge on any atom is -0.496 e. The molecule has 10 rings (SSSR count). The Morgan fingerprint density at radius 2 is 1.02 bits per heavy atom. The summed E-state index contributed by atoms with van der Waals surface area (Å²) in [6.45, 7) is 11.4. The molecule has 2 aromatic carbocycles. The Kier molecular flexibility index (Phi) is 9.97. The number of nitrogens with zero attached hydrogens (tertiary/aromatic N) is 8. The number of ether oxygens (including phenoxy) is 2. The molecule has 16 nitrogen and oxygen atoms in total. The summed E-state index contributed by atoms with van der Waals surface area (Å²) in [5, 5.41) is 9.75. The molecule has 0 unspecified atom stereocenters. The van der Waals surface area contributed by atoms with Gasteiger partial charge in [-0.15, -0.1) is 0 Å². The zero-order valence-corrected chi connectivity index (χ0v) is 35.3. The number of aromatic nitrogens is 10. The van der Waals surface area contributed by atoms with Gasteiger partial charge in [0.25, 0.3) is 0 Å². The lowest BCUT2D eigenvalue weighted by Crippen LogP contribution is -2.21. The number of rotatable bonds is 8. The maximum Gasteiger partial charge on any atom is 0.327 e. The van der Waals surface area contributed by atoms with Crippen LogP contribution in [0.4, 0.5) is 0 Å². The molecule has 0 radical (unpaired) electrons. The van der Waals surface area contributed by atoms with E-state index in [1.54, 1.807) is 48.1 Å². The number of hydrogen-bond donors (Lipinski definition) is 2. The van der Waals surface area contributed by atoms with Crippen LogP contribution < -0.4 is 20.9 Å². The number of aromatic amines is 2. The van der Waals surface area contributed by atoms with Gasteiger partial charge in [-0.25, -0.2) is 9.59 Å². The third-order valence-corrected chi connectivity index (χ3v) is 11.3. The van der Waals surface area contributed by atoms with Crippen molar-refractivity contribution in [3.63, 3.8) is 0 Å². The number of pyridine rings is 4. The second-order valence-electron chi connectivity index (χ2n) is 15.0. The molecular formula is C46H42N10O6. The summed E-state index contributed by atoms with van der Waals surface area (Å²) < 4.78 is 25.6. The molecule has 0 spiro atoms. The molecular weight excluding hydrogens is 789 g/mol. The molecule has 2 N–H and O–H groups in total. The van der Waals surface area contributed by atoms with Crippen LogP contribution in [0.5, 0.6) is 11.5 Å². The maximum atomic E-state index is 12.9. The van der Waals surface area contributed by atoms with Crippen LogP contribution in [0.3, 0.4) is 0 Å². The Balaban J connectivity index is 0.000000158. The van der Waals surface area contributed by atoms with Gasteiger partial charge in [-0.2, -0.15) is 0 Å². The fraction of sp³-hybridized carbons (Fsp3) is 0.217. The number of hydrogen-bond acceptors (Lipinski definition) is 12. The van der Waals surface area contributed by atoms with Crippen LogP contribution in [0.15, 0.2) is 104 Å². The van der Waals surface area contributed by atoms with Crippen molar-refractivity contribution in [2.24, 2.45) is 0 Å². The molecule has 8 aromatic heterocycles. The van der Waals surface area contributed by atoms with Gasteiger partial charge in [0.15, 0.2) is 0 Å². The topological polar surface area (TPSA) is 198 Å². The van der Waals surface area contributed by atoms with E-state index in [2.05, 4.69) is 40.2 Å². The summed E-state index contributed by atoms with van der Waals surface area (Å²) in [5.74, 6) is 2.72. The Hall–Kier alpha value is -7.88. The van der Waals surface area contributed by atoms with Crippen molar-refractivity contribution in [1.29, 1.82) is 0 Å². The van der Waals surface area contributed by atoms with Crippen molar-refractivity contribution < 1.29 is 18.5 Å². The van der Waals surface area contributed by atoms with E-state index in [-0.39, 0.29) is 23.5 Å². The minimum absolute atomic E-state index is 0.212. The first kappa shape index (κ1) is 39.6. The summed E-state index contributed by atoms with van der Waals surface area (Å²) in [6, 6.07) is 18.6. The van der Waals surface area contributed by atoms with Crippen molar-refractivity contribution in [3.8, 4) is 33.8 Å². The number of nitrogens with one attached hydrogen (secondary N) is 2. The van der Waals surface area contributed by atoms with E-state index in [4.69, 9.17) is 18.5 Å². The van der Waals surface area contributed by atoms with Gasteiger partial charge in [0, 0.05) is 34.3 Å². The predicted octanol–water partition coefficient (Wildman–Crippen LogP) is 8.33. The zero-order chi connectivity index (χ0) is 43.4. The first-order valence-corrected chi connectivity index (χ1v) is 19.9. The zero-order valence-electron chi connectivity index (χ0n) is 35.3. The van der Waals surface area contributed by atoms with E-state index in [9.17, 15) is 9.59 Å². The average molecular weight is 831 g/mol. The summed E-state index contributed by atoms with van der Waals surface area (Å²) in [4.78, 5) is 49.7. The Bertz CT molecular complexity index is 3150. The van der Waals surface area contributed by atoms with Gasteiger partial charge in [-0.1, -0.05) is 22.4 Å². The van der Waals surface area contributed by atoms with Gasteiger partial charge in [-0.3, -0.25) is 29.1 Å². The predicted molar refractivity (Wildman–Crippen MR) is 235 cm³/mol. The van der Waals surface area contributed by atoms with E-state index in [0.717, 1.165) is 77.9 Å². The molecule has 0 aliphatic heterocycles. The molecule has 312 valence electrons. The molecule has 0 saturated heterocycles. The van der Waals surface area contributed by atoms with Gasteiger partial charge < -0.3 is 28.5 Å². The molecule has 16 heteroatoms. The molecule has 0 fully saturated rings. The molecule has 0 amide bonds. The van der Waals surface area contributed by atoms with Gasteiger partial charge in [0.2, 0.25) is 0 Å². The molecule has 0 saturated carbocycles. The number of methoxy groups -OCH3 is 2.